The summed E-state index contributed by atoms with van der Waals surface area (Å²) in [5.41, 5.74) is 0. The number of hydrogen-bond acceptors (Lipinski definition) is 7. The summed E-state index contributed by atoms with van der Waals surface area (Å²) in [7, 11) is 0.829. The second-order valence-corrected chi connectivity index (χ2v) is 2.04. The standard InChI is InChI=1S/C7H5NO7/c1-15-7(14)6(13)8(4(11)2-9)5(12)3-10/h2-3H,1H3. The summed E-state index contributed by atoms with van der Waals surface area (Å²) in [5, 5.41) is 0. The molecule has 8 nitrogen and oxygen atoms in total. The van der Waals surface area contributed by atoms with E-state index in [0.717, 1.165) is 7.11 Å². The van der Waals surface area contributed by atoms with Crippen molar-refractivity contribution in [3.63, 3.8) is 0 Å². The van der Waals surface area contributed by atoms with Gasteiger partial charge in [-0.15, -0.1) is 0 Å². The van der Waals surface area contributed by atoms with Gasteiger partial charge in [0.15, 0.2) is 0 Å². The third kappa shape index (κ3) is 2.79. The Kier molecular flexibility index (Phi) is 4.52. The van der Waals surface area contributed by atoms with Gasteiger partial charge in [0.2, 0.25) is 12.6 Å². The molecule has 0 heterocycles. The summed E-state index contributed by atoms with van der Waals surface area (Å²) in [6, 6.07) is 0. The van der Waals surface area contributed by atoms with Gasteiger partial charge in [-0.2, -0.15) is 4.90 Å². The number of imide groups is 3. The fourth-order valence-electron chi connectivity index (χ4n) is 0.593. The number of methoxy groups -OCH3 is 1. The summed E-state index contributed by atoms with van der Waals surface area (Å²) in [6.45, 7) is 0. The normalized spacial score (nSPS) is 8.60. The van der Waals surface area contributed by atoms with E-state index in [9.17, 15) is 28.8 Å². The van der Waals surface area contributed by atoms with Crippen LogP contribution in [-0.2, 0) is 33.5 Å². The second-order valence-electron chi connectivity index (χ2n) is 2.04. The zero-order valence-corrected chi connectivity index (χ0v) is 7.46. The number of hydrogen-bond donors (Lipinski definition) is 0. The Balaban J connectivity index is 5.11. The van der Waals surface area contributed by atoms with Gasteiger partial charge in [0, 0.05) is 0 Å². The van der Waals surface area contributed by atoms with Gasteiger partial charge in [-0.1, -0.05) is 0 Å². The first kappa shape index (κ1) is 12.6. The second kappa shape index (κ2) is 5.37. The summed E-state index contributed by atoms with van der Waals surface area (Å²) >= 11 is 0. The molecule has 8 heteroatoms. The molecular formula is C7H5NO7. The van der Waals surface area contributed by atoms with E-state index in [1.807, 2.05) is 0 Å². The van der Waals surface area contributed by atoms with Crippen molar-refractivity contribution in [2.45, 2.75) is 0 Å². The molecule has 0 aromatic rings. The van der Waals surface area contributed by atoms with E-state index >= 15 is 0 Å². The average molecular weight is 215 g/mol. The molecule has 80 valence electrons. The van der Waals surface area contributed by atoms with Crippen molar-refractivity contribution in [1.29, 1.82) is 0 Å². The number of nitrogens with zero attached hydrogens (tertiary/aromatic N) is 1. The lowest BCUT2D eigenvalue weighted by Crippen LogP contribution is -2.46. The molecule has 0 saturated heterocycles. The zero-order valence-electron chi connectivity index (χ0n) is 7.46. The fraction of sp³-hybridized carbons (Fsp3) is 0.143. The topological polar surface area (TPSA) is 115 Å². The molecule has 0 aliphatic heterocycles. The van der Waals surface area contributed by atoms with Crippen molar-refractivity contribution in [1.82, 2.24) is 4.90 Å². The first-order valence-electron chi connectivity index (χ1n) is 3.40. The summed E-state index contributed by atoms with van der Waals surface area (Å²) in [5.74, 6) is -6.49. The molecule has 0 aliphatic rings. The summed E-state index contributed by atoms with van der Waals surface area (Å²) in [4.78, 5) is 62.7. The number of amides is 3. The Morgan fingerprint density at radius 3 is 1.67 bits per heavy atom. The highest BCUT2D eigenvalue weighted by atomic mass is 16.5. The lowest BCUT2D eigenvalue weighted by molar-refractivity contribution is -0.166. The van der Waals surface area contributed by atoms with Crippen LogP contribution >= 0.6 is 0 Å². The van der Waals surface area contributed by atoms with Gasteiger partial charge in [-0.25, -0.2) is 4.79 Å². The zero-order chi connectivity index (χ0) is 12.0. The maximum Gasteiger partial charge on any atom is 0.397 e. The Hall–Kier alpha value is -2.38. The van der Waals surface area contributed by atoms with E-state index in [-0.39, 0.29) is 12.6 Å². The van der Waals surface area contributed by atoms with Crippen LogP contribution in [0.25, 0.3) is 0 Å². The van der Waals surface area contributed by atoms with Gasteiger partial charge >= 0.3 is 23.7 Å². The maximum atomic E-state index is 11.0. The number of rotatable bonds is 2. The van der Waals surface area contributed by atoms with Crippen LogP contribution < -0.4 is 0 Å². The maximum absolute atomic E-state index is 11.0. The number of esters is 1. The van der Waals surface area contributed by atoms with Crippen LogP contribution in [0.1, 0.15) is 0 Å². The van der Waals surface area contributed by atoms with Gasteiger partial charge in [0.1, 0.15) is 0 Å². The van der Waals surface area contributed by atoms with Crippen LogP contribution in [-0.4, -0.2) is 48.3 Å². The molecule has 0 bridgehead atoms. The lowest BCUT2D eigenvalue weighted by atomic mass is 10.4. The number of carbonyl (C=O) groups excluding carboxylic acids is 6. The quantitative estimate of drug-likeness (QED) is 0.282. The van der Waals surface area contributed by atoms with Gasteiger partial charge in [-0.3, -0.25) is 24.0 Å². The van der Waals surface area contributed by atoms with Gasteiger partial charge < -0.3 is 4.74 Å². The molecule has 0 aromatic heterocycles. The molecule has 0 N–H and O–H groups in total. The van der Waals surface area contributed by atoms with Gasteiger partial charge in [-0.05, 0) is 0 Å². The highest BCUT2D eigenvalue weighted by Gasteiger charge is 2.33. The fourth-order valence-corrected chi connectivity index (χ4v) is 0.593. The molecule has 15 heavy (non-hydrogen) atoms. The molecule has 0 unspecified atom stereocenters. The Morgan fingerprint density at radius 1 is 1.00 bits per heavy atom. The Labute approximate surface area is 82.8 Å². The van der Waals surface area contributed by atoms with Crippen molar-refractivity contribution >= 4 is 36.3 Å². The minimum Gasteiger partial charge on any atom is -0.462 e. The minimum absolute atomic E-state index is 0.387. The predicted octanol–water partition coefficient (Wildman–Crippen LogP) is -2.56. The van der Waals surface area contributed by atoms with Crippen LogP contribution in [0, 0.1) is 0 Å². The molecular weight excluding hydrogens is 210 g/mol. The van der Waals surface area contributed by atoms with Crippen LogP contribution in [0.5, 0.6) is 0 Å². The molecule has 0 atom stereocenters. The van der Waals surface area contributed by atoms with E-state index in [0.29, 0.717) is 0 Å². The molecule has 0 fully saturated rings. The summed E-state index contributed by atoms with van der Waals surface area (Å²) < 4.78 is 3.92. The molecule has 0 spiro atoms. The highest BCUT2D eigenvalue weighted by molar-refractivity contribution is 6.49. The smallest absolute Gasteiger partial charge is 0.397 e. The van der Waals surface area contributed by atoms with Gasteiger partial charge in [0.05, 0.1) is 7.11 Å². The molecule has 0 aliphatic carbocycles. The van der Waals surface area contributed by atoms with Crippen molar-refractivity contribution in [2.24, 2.45) is 0 Å². The minimum atomic E-state index is -1.70. The van der Waals surface area contributed by atoms with Crippen molar-refractivity contribution < 1.29 is 33.5 Å². The molecule has 3 amide bonds. The number of aldehydes is 2. The predicted molar refractivity (Wildman–Crippen MR) is 41.0 cm³/mol. The third-order valence-electron chi connectivity index (χ3n) is 1.21. The van der Waals surface area contributed by atoms with Crippen LogP contribution in [0.3, 0.4) is 0 Å². The van der Waals surface area contributed by atoms with Crippen LogP contribution in [0.4, 0.5) is 0 Å². The lowest BCUT2D eigenvalue weighted by Gasteiger charge is -2.10. The number of ether oxygens (including phenoxy) is 1. The van der Waals surface area contributed by atoms with E-state index < -0.39 is 28.6 Å². The highest BCUT2D eigenvalue weighted by Crippen LogP contribution is 1.92. The van der Waals surface area contributed by atoms with Crippen molar-refractivity contribution in [3.8, 4) is 0 Å². The van der Waals surface area contributed by atoms with Crippen molar-refractivity contribution in [3.05, 3.63) is 0 Å². The molecule has 0 saturated carbocycles. The Bertz CT molecular complexity index is 325. The monoisotopic (exact) mass is 215 g/mol. The SMILES string of the molecule is COC(=O)C(=O)N(C(=O)C=O)C(=O)C=O. The van der Waals surface area contributed by atoms with E-state index in [4.69, 9.17) is 0 Å². The first-order chi connectivity index (χ1) is 6.99. The van der Waals surface area contributed by atoms with Crippen molar-refractivity contribution in [2.75, 3.05) is 7.11 Å². The molecule has 0 rings (SSSR count). The van der Waals surface area contributed by atoms with E-state index in [1.165, 1.54) is 0 Å². The Morgan fingerprint density at radius 2 is 1.40 bits per heavy atom. The first-order valence-corrected chi connectivity index (χ1v) is 3.40. The van der Waals surface area contributed by atoms with Gasteiger partial charge in [0.25, 0.3) is 0 Å². The summed E-state index contributed by atoms with van der Waals surface area (Å²) in [6.07, 6.45) is -0.773. The molecule has 0 aromatic carbocycles. The third-order valence-corrected chi connectivity index (χ3v) is 1.21. The van der Waals surface area contributed by atoms with E-state index in [1.54, 1.807) is 0 Å². The van der Waals surface area contributed by atoms with E-state index in [2.05, 4.69) is 4.74 Å². The number of carbonyl (C=O) groups is 6. The average Bonchev–Trinajstić information content (AvgIpc) is 2.27. The van der Waals surface area contributed by atoms with Crippen LogP contribution in [0.15, 0.2) is 0 Å². The largest absolute Gasteiger partial charge is 0.462 e. The molecule has 0 radical (unpaired) electrons. The van der Waals surface area contributed by atoms with Crippen LogP contribution in [0.2, 0.25) is 0 Å².